The summed E-state index contributed by atoms with van der Waals surface area (Å²) in [4.78, 5) is 9.88. The van der Waals surface area contributed by atoms with Crippen LogP contribution in [0.25, 0.3) is 0 Å². The van der Waals surface area contributed by atoms with Gasteiger partial charge in [0.1, 0.15) is 6.10 Å². The van der Waals surface area contributed by atoms with Crippen LogP contribution < -0.4 is 0 Å². The molecule has 0 aromatic carbocycles. The van der Waals surface area contributed by atoms with Gasteiger partial charge in [-0.3, -0.25) is 0 Å². The van der Waals surface area contributed by atoms with Gasteiger partial charge in [0.15, 0.2) is 6.29 Å². The van der Waals surface area contributed by atoms with E-state index in [2.05, 4.69) is 0 Å². The maximum Gasteiger partial charge on any atom is 0.150 e. The highest BCUT2D eigenvalue weighted by Crippen LogP contribution is 1.82. The van der Waals surface area contributed by atoms with Crippen LogP contribution in [0.2, 0.25) is 0 Å². The number of aldehydes is 1. The van der Waals surface area contributed by atoms with Gasteiger partial charge < -0.3 is 24.5 Å². The summed E-state index contributed by atoms with van der Waals surface area (Å²) >= 11 is 0. The summed E-state index contributed by atoms with van der Waals surface area (Å²) in [6, 6.07) is 0. The third-order valence-electron chi connectivity index (χ3n) is 1.05. The molecule has 0 aliphatic heterocycles. The topological polar surface area (TPSA) is 76.0 Å². The Hall–Kier alpha value is -0.490. The van der Waals surface area contributed by atoms with Gasteiger partial charge in [-0.15, -0.1) is 0 Å². The number of ether oxygens (including phenoxy) is 2. The summed E-state index contributed by atoms with van der Waals surface area (Å²) in [6.45, 7) is 0.916. The zero-order chi connectivity index (χ0) is 9.23. The fourth-order valence-electron chi connectivity index (χ4n) is 0.528. The summed E-state index contributed by atoms with van der Waals surface area (Å²) in [6.07, 6.45) is -0.642. The van der Waals surface area contributed by atoms with Crippen molar-refractivity contribution in [1.82, 2.24) is 0 Å². The van der Waals surface area contributed by atoms with Crippen molar-refractivity contribution in [3.63, 3.8) is 0 Å². The Balaban J connectivity index is 2.95. The minimum Gasteiger partial charge on any atom is -0.394 e. The molecular formula is C7H14O5. The lowest BCUT2D eigenvalue weighted by Crippen LogP contribution is -2.18. The lowest BCUT2D eigenvalue weighted by molar-refractivity contribution is -0.118. The number of aliphatic hydroxyl groups is 2. The van der Waals surface area contributed by atoms with E-state index in [0.29, 0.717) is 19.5 Å². The Labute approximate surface area is 70.9 Å². The van der Waals surface area contributed by atoms with Gasteiger partial charge in [0.05, 0.1) is 33.0 Å². The van der Waals surface area contributed by atoms with Crippen molar-refractivity contribution in [3.05, 3.63) is 0 Å². The van der Waals surface area contributed by atoms with Gasteiger partial charge in [0.2, 0.25) is 0 Å². The van der Waals surface area contributed by atoms with E-state index < -0.39 is 6.10 Å². The molecule has 5 heteroatoms. The smallest absolute Gasteiger partial charge is 0.150 e. The predicted molar refractivity (Wildman–Crippen MR) is 40.8 cm³/mol. The van der Waals surface area contributed by atoms with Crippen LogP contribution in [-0.4, -0.2) is 55.6 Å². The first-order chi connectivity index (χ1) is 5.81. The number of hydrogen-bond donors (Lipinski definition) is 2. The van der Waals surface area contributed by atoms with E-state index in [1.54, 1.807) is 0 Å². The third-order valence-corrected chi connectivity index (χ3v) is 1.05. The van der Waals surface area contributed by atoms with Crippen molar-refractivity contribution in [1.29, 1.82) is 0 Å². The summed E-state index contributed by atoms with van der Waals surface area (Å²) in [7, 11) is 0. The van der Waals surface area contributed by atoms with Crippen LogP contribution >= 0.6 is 0 Å². The number of aliphatic hydroxyl groups excluding tert-OH is 2. The average molecular weight is 178 g/mol. The molecule has 5 nitrogen and oxygen atoms in total. The lowest BCUT2D eigenvalue weighted by atomic mass is 10.4. The Morgan fingerprint density at radius 1 is 1.25 bits per heavy atom. The molecule has 1 unspecified atom stereocenters. The first-order valence-electron chi connectivity index (χ1n) is 3.71. The molecule has 0 spiro atoms. The molecular weight excluding hydrogens is 164 g/mol. The number of carbonyl (C=O) groups excluding carboxylic acids is 1. The molecule has 0 bridgehead atoms. The SMILES string of the molecule is O=CC(O)COCCOCCO. The molecule has 0 radical (unpaired) electrons. The van der Waals surface area contributed by atoms with Gasteiger partial charge in [-0.25, -0.2) is 0 Å². The number of hydrogen-bond acceptors (Lipinski definition) is 5. The van der Waals surface area contributed by atoms with Crippen molar-refractivity contribution in [2.24, 2.45) is 0 Å². The molecule has 2 N–H and O–H groups in total. The quantitative estimate of drug-likeness (QED) is 0.352. The first-order valence-corrected chi connectivity index (χ1v) is 3.71. The van der Waals surface area contributed by atoms with Crippen molar-refractivity contribution >= 4 is 6.29 Å². The lowest BCUT2D eigenvalue weighted by Gasteiger charge is -2.05. The van der Waals surface area contributed by atoms with Crippen LogP contribution in [0, 0.1) is 0 Å². The Kier molecular flexibility index (Phi) is 8.25. The normalized spacial score (nSPS) is 12.8. The molecule has 0 aromatic heterocycles. The molecule has 12 heavy (non-hydrogen) atoms. The van der Waals surface area contributed by atoms with Crippen molar-refractivity contribution < 1.29 is 24.5 Å². The molecule has 0 fully saturated rings. The molecule has 0 saturated heterocycles. The Morgan fingerprint density at radius 2 is 1.92 bits per heavy atom. The number of carbonyl (C=O) groups is 1. The minimum absolute atomic E-state index is 0.00795. The van der Waals surface area contributed by atoms with Crippen molar-refractivity contribution in [3.8, 4) is 0 Å². The van der Waals surface area contributed by atoms with Gasteiger partial charge in [-0.1, -0.05) is 0 Å². The average Bonchev–Trinajstić information content (AvgIpc) is 2.10. The molecule has 1 atom stereocenters. The van der Waals surface area contributed by atoms with E-state index in [4.69, 9.17) is 19.7 Å². The second kappa shape index (κ2) is 8.61. The fraction of sp³-hybridized carbons (Fsp3) is 0.857. The maximum absolute atomic E-state index is 9.88. The van der Waals surface area contributed by atoms with Gasteiger partial charge in [0.25, 0.3) is 0 Å². The van der Waals surface area contributed by atoms with E-state index in [9.17, 15) is 4.79 Å². The summed E-state index contributed by atoms with van der Waals surface area (Å²) in [5, 5.41) is 17.0. The second-order valence-corrected chi connectivity index (χ2v) is 2.11. The molecule has 0 aromatic rings. The van der Waals surface area contributed by atoms with Crippen LogP contribution in [0.1, 0.15) is 0 Å². The highest BCUT2D eigenvalue weighted by atomic mass is 16.5. The largest absolute Gasteiger partial charge is 0.394 e. The van der Waals surface area contributed by atoms with E-state index in [1.165, 1.54) is 0 Å². The zero-order valence-corrected chi connectivity index (χ0v) is 6.81. The van der Waals surface area contributed by atoms with E-state index in [0.717, 1.165) is 0 Å². The van der Waals surface area contributed by atoms with Gasteiger partial charge >= 0.3 is 0 Å². The van der Waals surface area contributed by atoms with Crippen LogP contribution in [-0.2, 0) is 14.3 Å². The highest BCUT2D eigenvalue weighted by molar-refractivity contribution is 5.55. The Morgan fingerprint density at radius 3 is 2.50 bits per heavy atom. The van der Waals surface area contributed by atoms with E-state index in [-0.39, 0.29) is 19.8 Å². The van der Waals surface area contributed by atoms with Crippen molar-refractivity contribution in [2.75, 3.05) is 33.0 Å². The molecule has 0 aliphatic carbocycles. The predicted octanol–water partition coefficient (Wildman–Crippen LogP) is -1.43. The van der Waals surface area contributed by atoms with Gasteiger partial charge in [-0.2, -0.15) is 0 Å². The number of rotatable bonds is 8. The third kappa shape index (κ3) is 7.62. The zero-order valence-electron chi connectivity index (χ0n) is 6.81. The summed E-state index contributed by atoms with van der Waals surface area (Å²) in [5.41, 5.74) is 0. The van der Waals surface area contributed by atoms with Crippen LogP contribution in [0.3, 0.4) is 0 Å². The molecule has 72 valence electrons. The molecule has 0 aliphatic rings. The van der Waals surface area contributed by atoms with E-state index >= 15 is 0 Å². The monoisotopic (exact) mass is 178 g/mol. The standard InChI is InChI=1S/C7H14O5/c8-1-2-11-3-4-12-6-7(10)5-9/h5,7-8,10H,1-4,6H2. The minimum atomic E-state index is -1.05. The summed E-state index contributed by atoms with van der Waals surface area (Å²) < 4.78 is 9.70. The van der Waals surface area contributed by atoms with E-state index in [1.807, 2.05) is 0 Å². The molecule has 0 heterocycles. The Bertz CT molecular complexity index is 106. The van der Waals surface area contributed by atoms with Crippen LogP contribution in [0.15, 0.2) is 0 Å². The van der Waals surface area contributed by atoms with Gasteiger partial charge in [0, 0.05) is 0 Å². The van der Waals surface area contributed by atoms with Crippen LogP contribution in [0.5, 0.6) is 0 Å². The highest BCUT2D eigenvalue weighted by Gasteiger charge is 1.99. The van der Waals surface area contributed by atoms with Crippen molar-refractivity contribution in [2.45, 2.75) is 6.10 Å². The molecule has 0 rings (SSSR count). The molecule has 0 amide bonds. The summed E-state index contributed by atoms with van der Waals surface area (Å²) in [5.74, 6) is 0. The second-order valence-electron chi connectivity index (χ2n) is 2.11. The maximum atomic E-state index is 9.88. The first kappa shape index (κ1) is 11.5. The van der Waals surface area contributed by atoms with Gasteiger partial charge in [-0.05, 0) is 0 Å². The van der Waals surface area contributed by atoms with Crippen LogP contribution in [0.4, 0.5) is 0 Å². The fourth-order valence-corrected chi connectivity index (χ4v) is 0.528. The molecule has 0 saturated carbocycles.